The van der Waals surface area contributed by atoms with Crippen LogP contribution in [0.3, 0.4) is 0 Å². The van der Waals surface area contributed by atoms with Crippen LogP contribution in [-0.4, -0.2) is 52.3 Å². The van der Waals surface area contributed by atoms with E-state index in [1.807, 2.05) is 57.9 Å². The number of thioether (sulfide) groups is 1. The molecular weight excluding hydrogens is 442 g/mol. The average molecular weight is 466 g/mol. The monoisotopic (exact) mass is 465 g/mol. The summed E-state index contributed by atoms with van der Waals surface area (Å²) in [4.78, 5) is 12.7. The number of nitrogens with zero attached hydrogens (tertiary/aromatic N) is 4. The summed E-state index contributed by atoms with van der Waals surface area (Å²) >= 11 is 1.28. The second-order valence-corrected chi connectivity index (χ2v) is 7.75. The lowest BCUT2D eigenvalue weighted by Gasteiger charge is -2.13. The maximum atomic E-state index is 12.7. The Labute approximate surface area is 195 Å². The van der Waals surface area contributed by atoms with Crippen molar-refractivity contribution in [2.24, 2.45) is 0 Å². The summed E-state index contributed by atoms with van der Waals surface area (Å²) in [6.45, 7) is 0. The van der Waals surface area contributed by atoms with Crippen LogP contribution in [0, 0.1) is 0 Å². The Morgan fingerprint density at radius 1 is 0.939 bits per heavy atom. The minimum Gasteiger partial charge on any atom is -0.497 e. The van der Waals surface area contributed by atoms with Crippen molar-refractivity contribution in [1.29, 1.82) is 0 Å². The van der Waals surface area contributed by atoms with Crippen LogP contribution in [0.4, 0.5) is 5.69 Å². The van der Waals surface area contributed by atoms with E-state index in [0.717, 1.165) is 11.4 Å². The fraction of sp³-hybridized carbons (Fsp3) is 0.174. The molecule has 1 N–H and O–H groups in total. The zero-order valence-electron chi connectivity index (χ0n) is 18.4. The Morgan fingerprint density at radius 2 is 1.64 bits per heavy atom. The molecule has 0 saturated carbocycles. The van der Waals surface area contributed by atoms with Crippen molar-refractivity contribution in [3.05, 3.63) is 67.0 Å². The zero-order valence-corrected chi connectivity index (χ0v) is 19.2. The first-order valence-electron chi connectivity index (χ1n) is 10.0. The van der Waals surface area contributed by atoms with Gasteiger partial charge < -0.3 is 19.5 Å². The number of ether oxygens (including phenoxy) is 3. The minimum absolute atomic E-state index is 0.125. The molecule has 0 saturated heterocycles. The lowest BCUT2D eigenvalue weighted by atomic mass is 10.2. The molecule has 4 aromatic rings. The van der Waals surface area contributed by atoms with Gasteiger partial charge in [-0.1, -0.05) is 11.8 Å². The van der Waals surface area contributed by atoms with Gasteiger partial charge in [0.05, 0.1) is 38.5 Å². The Balaban J connectivity index is 1.56. The quantitative estimate of drug-likeness (QED) is 0.376. The molecule has 170 valence electrons. The normalized spacial score (nSPS) is 10.6. The number of amides is 1. The lowest BCUT2D eigenvalue weighted by Crippen LogP contribution is -2.15. The highest BCUT2D eigenvalue weighted by Crippen LogP contribution is 2.30. The second kappa shape index (κ2) is 10.1. The van der Waals surface area contributed by atoms with Crippen LogP contribution in [-0.2, 0) is 4.79 Å². The van der Waals surface area contributed by atoms with E-state index < -0.39 is 0 Å². The molecule has 4 rings (SSSR count). The first-order valence-corrected chi connectivity index (χ1v) is 11.0. The van der Waals surface area contributed by atoms with E-state index >= 15 is 0 Å². The maximum Gasteiger partial charge on any atom is 0.240 e. The molecule has 9 nitrogen and oxygen atoms in total. The smallest absolute Gasteiger partial charge is 0.240 e. The summed E-state index contributed by atoms with van der Waals surface area (Å²) in [5.41, 5.74) is 1.38. The van der Waals surface area contributed by atoms with Gasteiger partial charge in [0.2, 0.25) is 11.9 Å². The molecule has 2 aromatic heterocycles. The summed E-state index contributed by atoms with van der Waals surface area (Å²) in [5.74, 6) is 2.44. The van der Waals surface area contributed by atoms with Crippen molar-refractivity contribution < 1.29 is 19.0 Å². The predicted octanol–water partition coefficient (Wildman–Crippen LogP) is 3.81. The van der Waals surface area contributed by atoms with Crippen molar-refractivity contribution in [3.63, 3.8) is 0 Å². The summed E-state index contributed by atoms with van der Waals surface area (Å²) in [6.07, 6.45) is 3.78. The molecule has 0 bridgehead atoms. The highest BCUT2D eigenvalue weighted by Gasteiger charge is 2.18. The SMILES string of the molecule is COc1ccc(-n2c(SCC(=O)Nc3cc(OC)ccc3OC)nnc2-n2cccc2)cc1. The number of aromatic nitrogens is 4. The van der Waals surface area contributed by atoms with Gasteiger partial charge in [-0.15, -0.1) is 10.2 Å². The molecule has 0 fully saturated rings. The Kier molecular flexibility index (Phi) is 6.84. The number of hydrogen-bond donors (Lipinski definition) is 1. The van der Waals surface area contributed by atoms with E-state index in [4.69, 9.17) is 14.2 Å². The van der Waals surface area contributed by atoms with E-state index in [1.54, 1.807) is 39.5 Å². The number of methoxy groups -OCH3 is 3. The standard InChI is InChI=1S/C23H23N5O4S/c1-30-17-8-6-16(7-9-17)28-22(27-12-4-5-13-27)25-26-23(28)33-15-21(29)24-19-14-18(31-2)10-11-20(19)32-3/h4-14H,15H2,1-3H3,(H,24,29). The lowest BCUT2D eigenvalue weighted by molar-refractivity contribution is -0.113. The molecule has 1 amide bonds. The van der Waals surface area contributed by atoms with Crippen LogP contribution >= 0.6 is 11.8 Å². The molecule has 0 aliphatic heterocycles. The summed E-state index contributed by atoms with van der Waals surface area (Å²) in [6, 6.07) is 16.6. The molecule has 0 unspecified atom stereocenters. The number of nitrogens with one attached hydrogen (secondary N) is 1. The van der Waals surface area contributed by atoms with Gasteiger partial charge in [-0.3, -0.25) is 13.9 Å². The molecule has 2 aromatic carbocycles. The van der Waals surface area contributed by atoms with E-state index in [2.05, 4.69) is 15.5 Å². The Bertz CT molecular complexity index is 1220. The molecule has 10 heteroatoms. The molecule has 2 heterocycles. The average Bonchev–Trinajstić information content (AvgIpc) is 3.52. The van der Waals surface area contributed by atoms with Crippen LogP contribution in [0.15, 0.2) is 72.1 Å². The second-order valence-electron chi connectivity index (χ2n) is 6.81. The topological polar surface area (TPSA) is 92.4 Å². The highest BCUT2D eigenvalue weighted by molar-refractivity contribution is 7.99. The third kappa shape index (κ3) is 4.96. The number of hydrogen-bond acceptors (Lipinski definition) is 7. The van der Waals surface area contributed by atoms with Crippen molar-refractivity contribution in [3.8, 4) is 28.9 Å². The fourth-order valence-corrected chi connectivity index (χ4v) is 3.92. The molecule has 0 aliphatic carbocycles. The summed E-state index contributed by atoms with van der Waals surface area (Å²) in [5, 5.41) is 12.1. The molecule has 0 radical (unpaired) electrons. The summed E-state index contributed by atoms with van der Waals surface area (Å²) in [7, 11) is 4.74. The number of rotatable bonds is 9. The van der Waals surface area contributed by atoms with Crippen LogP contribution in [0.25, 0.3) is 11.6 Å². The highest BCUT2D eigenvalue weighted by atomic mass is 32.2. The first-order chi connectivity index (χ1) is 16.1. The zero-order chi connectivity index (χ0) is 23.2. The van der Waals surface area contributed by atoms with E-state index in [0.29, 0.717) is 28.3 Å². The fourth-order valence-electron chi connectivity index (χ4n) is 3.18. The van der Waals surface area contributed by atoms with E-state index in [1.165, 1.54) is 11.8 Å². The molecule has 0 atom stereocenters. The number of carbonyl (C=O) groups excluding carboxylic acids is 1. The predicted molar refractivity (Wildman–Crippen MR) is 126 cm³/mol. The molecule has 0 aliphatic rings. The van der Waals surface area contributed by atoms with Gasteiger partial charge in [0.1, 0.15) is 17.2 Å². The van der Waals surface area contributed by atoms with Crippen LogP contribution in [0.2, 0.25) is 0 Å². The number of anilines is 1. The van der Waals surface area contributed by atoms with Crippen molar-refractivity contribution in [2.45, 2.75) is 5.16 Å². The molecule has 0 spiro atoms. The van der Waals surface area contributed by atoms with Crippen LogP contribution in [0.5, 0.6) is 17.2 Å². The largest absolute Gasteiger partial charge is 0.497 e. The van der Waals surface area contributed by atoms with Gasteiger partial charge in [-0.25, -0.2) is 0 Å². The van der Waals surface area contributed by atoms with Gasteiger partial charge in [0, 0.05) is 18.5 Å². The van der Waals surface area contributed by atoms with Gasteiger partial charge in [-0.05, 0) is 48.5 Å². The van der Waals surface area contributed by atoms with Crippen molar-refractivity contribution in [1.82, 2.24) is 19.3 Å². The first kappa shape index (κ1) is 22.3. The van der Waals surface area contributed by atoms with E-state index in [9.17, 15) is 4.79 Å². The van der Waals surface area contributed by atoms with E-state index in [-0.39, 0.29) is 11.7 Å². The molecular formula is C23H23N5O4S. The maximum absolute atomic E-state index is 12.7. The van der Waals surface area contributed by atoms with Crippen molar-refractivity contribution in [2.75, 3.05) is 32.4 Å². The van der Waals surface area contributed by atoms with Gasteiger partial charge in [0.15, 0.2) is 5.16 Å². The molecule has 33 heavy (non-hydrogen) atoms. The van der Waals surface area contributed by atoms with Gasteiger partial charge in [0.25, 0.3) is 0 Å². The number of benzene rings is 2. The number of carbonyl (C=O) groups is 1. The Hall–Kier alpha value is -3.92. The third-order valence-corrected chi connectivity index (χ3v) is 5.72. The van der Waals surface area contributed by atoms with Crippen LogP contribution < -0.4 is 19.5 Å². The van der Waals surface area contributed by atoms with Gasteiger partial charge in [-0.2, -0.15) is 0 Å². The van der Waals surface area contributed by atoms with Gasteiger partial charge >= 0.3 is 0 Å². The minimum atomic E-state index is -0.210. The van der Waals surface area contributed by atoms with Crippen molar-refractivity contribution >= 4 is 23.4 Å². The third-order valence-electron chi connectivity index (χ3n) is 4.80. The van der Waals surface area contributed by atoms with Crippen LogP contribution in [0.1, 0.15) is 0 Å². The summed E-state index contributed by atoms with van der Waals surface area (Å²) < 4.78 is 19.6. The Morgan fingerprint density at radius 3 is 2.30 bits per heavy atom.